The molecular formula is C28H45F2N3O4. The van der Waals surface area contributed by atoms with Crippen LogP contribution in [-0.2, 0) is 10.3 Å². The van der Waals surface area contributed by atoms with Crippen LogP contribution in [0.1, 0.15) is 69.8 Å². The molecule has 3 rings (SSSR count). The maximum absolute atomic E-state index is 14.9. The lowest BCUT2D eigenvalue weighted by Crippen LogP contribution is -2.54. The molecule has 2 fully saturated rings. The van der Waals surface area contributed by atoms with Crippen LogP contribution in [0, 0.1) is 23.5 Å². The van der Waals surface area contributed by atoms with Gasteiger partial charge in [0.25, 0.3) is 0 Å². The molecule has 0 unspecified atom stereocenters. The Bertz CT molecular complexity index is 853. The van der Waals surface area contributed by atoms with Crippen LogP contribution in [0.25, 0.3) is 0 Å². The summed E-state index contributed by atoms with van der Waals surface area (Å²) in [6, 6.07) is 3.69. The van der Waals surface area contributed by atoms with Crippen molar-refractivity contribution in [3.05, 3.63) is 35.4 Å². The predicted octanol–water partition coefficient (Wildman–Crippen LogP) is 3.92. The first-order valence-corrected chi connectivity index (χ1v) is 13.8. The number of ether oxygens (including phenoxy) is 1. The largest absolute Gasteiger partial charge is 0.393 e. The number of nitrogens with one attached hydrogen (secondary N) is 2. The predicted molar refractivity (Wildman–Crippen MR) is 139 cm³/mol. The van der Waals surface area contributed by atoms with Crippen LogP contribution in [-0.4, -0.2) is 73.7 Å². The van der Waals surface area contributed by atoms with E-state index >= 15 is 0 Å². The fourth-order valence-electron chi connectivity index (χ4n) is 6.08. The number of piperidine rings is 1. The molecule has 1 aromatic carbocycles. The summed E-state index contributed by atoms with van der Waals surface area (Å²) in [5.41, 5.74) is -1.63. The van der Waals surface area contributed by atoms with Crippen molar-refractivity contribution in [3.8, 4) is 0 Å². The molecule has 0 bridgehead atoms. The molecule has 0 aromatic heterocycles. The molecule has 37 heavy (non-hydrogen) atoms. The second kappa shape index (κ2) is 14.4. The summed E-state index contributed by atoms with van der Waals surface area (Å²) in [4.78, 5) is 15.0. The molecule has 3 atom stereocenters. The maximum atomic E-state index is 14.9. The topological polar surface area (TPSA) is 94.1 Å². The molecule has 210 valence electrons. The molecule has 0 spiro atoms. The maximum Gasteiger partial charge on any atom is 0.317 e. The number of amides is 2. The number of aliphatic hydroxyl groups excluding tert-OH is 1. The number of urea groups is 1. The van der Waals surface area contributed by atoms with Gasteiger partial charge < -0.3 is 30.5 Å². The van der Waals surface area contributed by atoms with E-state index in [1.54, 1.807) is 12.0 Å². The van der Waals surface area contributed by atoms with Crippen LogP contribution in [0.3, 0.4) is 0 Å². The van der Waals surface area contributed by atoms with Gasteiger partial charge in [-0.1, -0.05) is 12.1 Å². The molecule has 1 saturated heterocycles. The van der Waals surface area contributed by atoms with E-state index in [9.17, 15) is 23.8 Å². The number of nitrogens with zero attached hydrogens (tertiary/aromatic N) is 1. The summed E-state index contributed by atoms with van der Waals surface area (Å²) >= 11 is 0. The van der Waals surface area contributed by atoms with Gasteiger partial charge >= 0.3 is 6.03 Å². The number of likely N-dealkylation sites (tertiary alicyclic amines) is 1. The summed E-state index contributed by atoms with van der Waals surface area (Å²) in [5.74, 6) is -1.97. The van der Waals surface area contributed by atoms with Gasteiger partial charge in [-0.15, -0.1) is 0 Å². The summed E-state index contributed by atoms with van der Waals surface area (Å²) in [5, 5.41) is 28.0. The number of benzene rings is 1. The SMILES string of the molecule is CNC[C@H](C[C@H]1CC[C@@H](O)CC1)NC(=O)N1CCC[C@@H]([C@@](O)(CCCCOC)c2cccc(F)c2F)C1. The van der Waals surface area contributed by atoms with E-state index < -0.39 is 23.2 Å². The smallest absolute Gasteiger partial charge is 0.317 e. The average molecular weight is 526 g/mol. The summed E-state index contributed by atoms with van der Waals surface area (Å²) in [6.07, 6.45) is 6.97. The molecule has 1 saturated carbocycles. The lowest BCUT2D eigenvalue weighted by Gasteiger charge is -2.43. The first-order chi connectivity index (χ1) is 17.8. The average Bonchev–Trinajstić information content (AvgIpc) is 2.89. The highest BCUT2D eigenvalue weighted by molar-refractivity contribution is 5.74. The van der Waals surface area contributed by atoms with E-state index in [2.05, 4.69) is 10.6 Å². The Morgan fingerprint density at radius 3 is 2.68 bits per heavy atom. The van der Waals surface area contributed by atoms with Gasteiger partial charge in [0, 0.05) is 50.9 Å². The molecular weight excluding hydrogens is 480 g/mol. The fraction of sp³-hybridized carbons (Fsp3) is 0.750. The number of carbonyl (C=O) groups is 1. The Kier molecular flexibility index (Phi) is 11.6. The zero-order valence-corrected chi connectivity index (χ0v) is 22.4. The molecule has 4 N–H and O–H groups in total. The van der Waals surface area contributed by atoms with Gasteiger partial charge in [-0.05, 0) is 83.2 Å². The van der Waals surface area contributed by atoms with E-state index in [4.69, 9.17) is 4.74 Å². The molecule has 7 nitrogen and oxygen atoms in total. The van der Waals surface area contributed by atoms with Crippen molar-refractivity contribution in [2.45, 2.75) is 82.0 Å². The summed E-state index contributed by atoms with van der Waals surface area (Å²) in [6.45, 7) is 1.98. The van der Waals surface area contributed by atoms with Crippen molar-refractivity contribution >= 4 is 6.03 Å². The highest BCUT2D eigenvalue weighted by atomic mass is 19.2. The first kappa shape index (κ1) is 29.7. The van der Waals surface area contributed by atoms with E-state index in [0.29, 0.717) is 51.3 Å². The zero-order chi connectivity index (χ0) is 26.8. The van der Waals surface area contributed by atoms with Crippen LogP contribution in [0.2, 0.25) is 0 Å². The Morgan fingerprint density at radius 2 is 1.97 bits per heavy atom. The number of carbonyl (C=O) groups excluding carboxylic acids is 1. The minimum absolute atomic E-state index is 0.0373. The molecule has 1 aliphatic heterocycles. The first-order valence-electron chi connectivity index (χ1n) is 13.8. The van der Waals surface area contributed by atoms with Crippen molar-refractivity contribution in [3.63, 3.8) is 0 Å². The minimum Gasteiger partial charge on any atom is -0.393 e. The Labute approximate surface area is 220 Å². The van der Waals surface area contributed by atoms with E-state index in [1.165, 1.54) is 12.1 Å². The van der Waals surface area contributed by atoms with Crippen LogP contribution >= 0.6 is 0 Å². The molecule has 9 heteroatoms. The molecule has 1 aromatic rings. The number of rotatable bonds is 12. The number of likely N-dealkylation sites (N-methyl/N-ethyl adjacent to an activating group) is 1. The molecule has 1 heterocycles. The minimum atomic E-state index is -1.59. The van der Waals surface area contributed by atoms with Gasteiger partial charge in [0.05, 0.1) is 11.7 Å². The van der Waals surface area contributed by atoms with Gasteiger partial charge in [0.15, 0.2) is 11.6 Å². The summed E-state index contributed by atoms with van der Waals surface area (Å²) in [7, 11) is 3.47. The second-order valence-corrected chi connectivity index (χ2v) is 10.9. The zero-order valence-electron chi connectivity index (χ0n) is 22.4. The van der Waals surface area contributed by atoms with E-state index in [-0.39, 0.29) is 36.7 Å². The van der Waals surface area contributed by atoms with Crippen molar-refractivity contribution < 1.29 is 28.5 Å². The van der Waals surface area contributed by atoms with Crippen molar-refractivity contribution in [1.82, 2.24) is 15.5 Å². The molecule has 2 aliphatic rings. The van der Waals surface area contributed by atoms with Crippen molar-refractivity contribution in [2.24, 2.45) is 11.8 Å². The standard InChI is InChI=1S/C28H45F2N3O4/c1-31-18-22(17-20-10-12-23(34)13-11-20)32-27(35)33-15-6-7-21(19-33)28(36,14-3-4-16-37-2)24-8-5-9-25(29)26(24)30/h5,8-9,20-23,31,34,36H,3-4,6-7,10-19H2,1-2H3,(H,32,35)/t20-,21-,22+,23+,28+/m1/s1. The van der Waals surface area contributed by atoms with Crippen LogP contribution in [0.5, 0.6) is 0 Å². The van der Waals surface area contributed by atoms with Crippen LogP contribution in [0.15, 0.2) is 18.2 Å². The number of hydrogen-bond acceptors (Lipinski definition) is 5. The van der Waals surface area contributed by atoms with Gasteiger partial charge in [0.1, 0.15) is 0 Å². The molecule has 0 radical (unpaired) electrons. The van der Waals surface area contributed by atoms with Crippen molar-refractivity contribution in [1.29, 1.82) is 0 Å². The second-order valence-electron chi connectivity index (χ2n) is 10.9. The number of hydrogen-bond donors (Lipinski definition) is 4. The lowest BCUT2D eigenvalue weighted by atomic mass is 9.74. The lowest BCUT2D eigenvalue weighted by molar-refractivity contribution is -0.0591. The highest BCUT2D eigenvalue weighted by Gasteiger charge is 2.43. The van der Waals surface area contributed by atoms with Gasteiger partial charge in [0.2, 0.25) is 0 Å². The monoisotopic (exact) mass is 525 g/mol. The van der Waals surface area contributed by atoms with Gasteiger partial charge in [-0.2, -0.15) is 0 Å². The van der Waals surface area contributed by atoms with Crippen LogP contribution in [0.4, 0.5) is 13.6 Å². The Morgan fingerprint density at radius 1 is 1.22 bits per heavy atom. The fourth-order valence-corrected chi connectivity index (χ4v) is 6.08. The van der Waals surface area contributed by atoms with Crippen molar-refractivity contribution in [2.75, 3.05) is 40.4 Å². The highest BCUT2D eigenvalue weighted by Crippen LogP contribution is 2.41. The molecule has 2 amide bonds. The van der Waals surface area contributed by atoms with E-state index in [1.807, 2.05) is 7.05 Å². The quantitative estimate of drug-likeness (QED) is 0.311. The van der Waals surface area contributed by atoms with Gasteiger partial charge in [-0.25, -0.2) is 13.6 Å². The number of methoxy groups -OCH3 is 1. The Balaban J connectivity index is 1.70. The van der Waals surface area contributed by atoms with Gasteiger partial charge in [-0.3, -0.25) is 0 Å². The number of aliphatic hydroxyl groups is 2. The number of halogens is 2. The van der Waals surface area contributed by atoms with E-state index in [0.717, 1.165) is 38.2 Å². The third kappa shape index (κ3) is 8.09. The third-order valence-electron chi connectivity index (χ3n) is 8.17. The molecule has 1 aliphatic carbocycles. The Hall–Kier alpha value is -1.81. The third-order valence-corrected chi connectivity index (χ3v) is 8.17. The number of unbranched alkanes of at least 4 members (excludes halogenated alkanes) is 1. The van der Waals surface area contributed by atoms with Crippen LogP contribution < -0.4 is 10.6 Å². The summed E-state index contributed by atoms with van der Waals surface area (Å²) < 4.78 is 34.2. The normalized spacial score (nSPS) is 24.9.